The van der Waals surface area contributed by atoms with Crippen LogP contribution in [0.15, 0.2) is 11.4 Å². The fraction of sp³-hybridized carbons (Fsp3) is 0.600. The largest absolute Gasteiger partial charge is 0.409 e. The monoisotopic (exact) mass is 210 g/mol. The molecule has 3 N–H and O–H groups in total. The van der Waals surface area contributed by atoms with Crippen molar-refractivity contribution < 1.29 is 5.21 Å². The van der Waals surface area contributed by atoms with E-state index < -0.39 is 0 Å². The summed E-state index contributed by atoms with van der Waals surface area (Å²) < 4.78 is 1.79. The van der Waals surface area contributed by atoms with Gasteiger partial charge in [0.25, 0.3) is 0 Å². The molecule has 0 aromatic carbocycles. The van der Waals surface area contributed by atoms with Crippen molar-refractivity contribution in [1.29, 1.82) is 0 Å². The minimum absolute atomic E-state index is 0.111. The quantitative estimate of drug-likeness (QED) is 0.334. The lowest BCUT2D eigenvalue weighted by Gasteiger charge is -2.16. The van der Waals surface area contributed by atoms with Gasteiger partial charge in [0.05, 0.1) is 11.3 Å². The van der Waals surface area contributed by atoms with Crippen molar-refractivity contribution in [2.24, 2.45) is 10.9 Å². The van der Waals surface area contributed by atoms with Crippen molar-refractivity contribution in [2.75, 3.05) is 0 Å². The van der Waals surface area contributed by atoms with Crippen molar-refractivity contribution in [3.05, 3.63) is 17.5 Å². The summed E-state index contributed by atoms with van der Waals surface area (Å²) in [6, 6.07) is 0. The molecule has 1 aromatic rings. The van der Waals surface area contributed by atoms with Crippen LogP contribution in [0.25, 0.3) is 0 Å². The Labute approximate surface area is 89.6 Å². The lowest BCUT2D eigenvalue weighted by Crippen LogP contribution is -2.21. The van der Waals surface area contributed by atoms with Crippen LogP contribution in [0.5, 0.6) is 0 Å². The molecule has 0 saturated heterocycles. The Bertz CT molecular complexity index is 373. The molecule has 0 atom stereocenters. The molecule has 0 amide bonds. The zero-order valence-electron chi connectivity index (χ0n) is 9.65. The number of nitrogens with zero attached hydrogens (tertiary/aromatic N) is 3. The number of amidine groups is 1. The maximum Gasteiger partial charge on any atom is 0.173 e. The average Bonchev–Trinajstić information content (AvgIpc) is 2.59. The lowest BCUT2D eigenvalue weighted by molar-refractivity contribution is 0.318. The third kappa shape index (κ3) is 2.29. The predicted octanol–water partition coefficient (Wildman–Crippen LogP) is 1.30. The van der Waals surface area contributed by atoms with Crippen LogP contribution in [0.3, 0.4) is 0 Å². The van der Waals surface area contributed by atoms with Gasteiger partial charge in [-0.3, -0.25) is 4.68 Å². The molecule has 5 nitrogen and oxygen atoms in total. The minimum atomic E-state index is -0.120. The molecule has 84 valence electrons. The molecular formula is C10H18N4O. The average molecular weight is 210 g/mol. The van der Waals surface area contributed by atoms with Crippen LogP contribution in [0, 0.1) is 0 Å². The molecule has 0 aliphatic rings. The van der Waals surface area contributed by atoms with E-state index in [2.05, 4.69) is 10.3 Å². The number of nitrogens with two attached hydrogens (primary N) is 1. The molecule has 0 aliphatic heterocycles. The summed E-state index contributed by atoms with van der Waals surface area (Å²) in [6.45, 7) is 8.90. The summed E-state index contributed by atoms with van der Waals surface area (Å²) in [5, 5.41) is 16.1. The number of aryl methyl sites for hydroxylation is 1. The van der Waals surface area contributed by atoms with Gasteiger partial charge in [-0.05, 0) is 6.92 Å². The van der Waals surface area contributed by atoms with Gasteiger partial charge >= 0.3 is 0 Å². The topological polar surface area (TPSA) is 76.4 Å². The van der Waals surface area contributed by atoms with Crippen LogP contribution >= 0.6 is 0 Å². The van der Waals surface area contributed by atoms with Gasteiger partial charge in [-0.2, -0.15) is 5.10 Å². The van der Waals surface area contributed by atoms with Crippen molar-refractivity contribution in [3.63, 3.8) is 0 Å². The van der Waals surface area contributed by atoms with Crippen LogP contribution in [0.1, 0.15) is 39.0 Å². The maximum absolute atomic E-state index is 8.69. The van der Waals surface area contributed by atoms with Gasteiger partial charge < -0.3 is 10.9 Å². The number of aromatic nitrogens is 2. The van der Waals surface area contributed by atoms with Crippen molar-refractivity contribution >= 4 is 5.84 Å². The lowest BCUT2D eigenvalue weighted by atomic mass is 9.89. The molecule has 5 heteroatoms. The van der Waals surface area contributed by atoms with E-state index >= 15 is 0 Å². The second-order valence-corrected chi connectivity index (χ2v) is 4.48. The van der Waals surface area contributed by atoms with Gasteiger partial charge in [-0.15, -0.1) is 0 Å². The molecule has 0 bridgehead atoms. The summed E-state index contributed by atoms with van der Waals surface area (Å²) in [4.78, 5) is 0. The zero-order chi connectivity index (χ0) is 11.6. The summed E-state index contributed by atoms with van der Waals surface area (Å²) in [5.41, 5.74) is 7.03. The Morgan fingerprint density at radius 3 is 2.60 bits per heavy atom. The van der Waals surface area contributed by atoms with Gasteiger partial charge in [0.1, 0.15) is 0 Å². The molecule has 0 radical (unpaired) electrons. The molecule has 1 aromatic heterocycles. The van der Waals surface area contributed by atoms with E-state index in [1.807, 2.05) is 27.7 Å². The summed E-state index contributed by atoms with van der Waals surface area (Å²) >= 11 is 0. The van der Waals surface area contributed by atoms with E-state index in [1.54, 1.807) is 10.9 Å². The second-order valence-electron chi connectivity index (χ2n) is 4.48. The Morgan fingerprint density at radius 2 is 2.20 bits per heavy atom. The van der Waals surface area contributed by atoms with Gasteiger partial charge in [0.2, 0.25) is 0 Å². The first-order chi connectivity index (χ1) is 6.90. The molecular weight excluding hydrogens is 192 g/mol. The van der Waals surface area contributed by atoms with E-state index in [1.165, 1.54) is 0 Å². The van der Waals surface area contributed by atoms with E-state index in [-0.39, 0.29) is 11.3 Å². The summed E-state index contributed by atoms with van der Waals surface area (Å²) in [6.07, 6.45) is 1.80. The normalized spacial score (nSPS) is 13.2. The fourth-order valence-electron chi connectivity index (χ4n) is 1.38. The summed E-state index contributed by atoms with van der Waals surface area (Å²) in [5.74, 6) is 0.111. The van der Waals surface area contributed by atoms with Gasteiger partial charge in [0, 0.05) is 18.2 Å². The van der Waals surface area contributed by atoms with Crippen molar-refractivity contribution in [2.45, 2.75) is 39.7 Å². The Kier molecular flexibility index (Phi) is 3.02. The van der Waals surface area contributed by atoms with E-state index in [4.69, 9.17) is 10.9 Å². The summed E-state index contributed by atoms with van der Waals surface area (Å²) in [7, 11) is 0. The number of hydrogen-bond acceptors (Lipinski definition) is 3. The Balaban J connectivity index is 3.30. The van der Waals surface area contributed by atoms with Crippen LogP contribution in [0.2, 0.25) is 0 Å². The minimum Gasteiger partial charge on any atom is -0.409 e. The first kappa shape index (κ1) is 11.6. The van der Waals surface area contributed by atoms with Gasteiger partial charge in [-0.1, -0.05) is 25.9 Å². The number of hydrogen-bond donors (Lipinski definition) is 2. The number of oxime groups is 1. The molecule has 0 unspecified atom stereocenters. The van der Waals surface area contributed by atoms with Crippen molar-refractivity contribution in [3.8, 4) is 0 Å². The fourth-order valence-corrected chi connectivity index (χ4v) is 1.38. The third-order valence-electron chi connectivity index (χ3n) is 2.18. The van der Waals surface area contributed by atoms with Crippen LogP contribution in [-0.4, -0.2) is 20.8 Å². The SMILES string of the molecule is CCn1cc(/C(N)=N\O)c(C(C)(C)C)n1. The molecule has 1 rings (SSSR count). The van der Waals surface area contributed by atoms with Gasteiger partial charge in [-0.25, -0.2) is 0 Å². The van der Waals surface area contributed by atoms with Crippen LogP contribution in [-0.2, 0) is 12.0 Å². The molecule has 0 saturated carbocycles. The van der Waals surface area contributed by atoms with Crippen LogP contribution < -0.4 is 5.73 Å². The molecule has 0 spiro atoms. The Hall–Kier alpha value is -1.52. The predicted molar refractivity (Wildman–Crippen MR) is 59.1 cm³/mol. The maximum atomic E-state index is 8.69. The Morgan fingerprint density at radius 1 is 1.60 bits per heavy atom. The standard InChI is InChI=1S/C10H18N4O/c1-5-14-6-7(9(11)13-15)8(12-14)10(2,3)4/h6,15H,5H2,1-4H3,(H2,11,13). The first-order valence-electron chi connectivity index (χ1n) is 4.96. The van der Waals surface area contributed by atoms with Gasteiger partial charge in [0.15, 0.2) is 5.84 Å². The first-order valence-corrected chi connectivity index (χ1v) is 4.96. The van der Waals surface area contributed by atoms with E-state index in [0.717, 1.165) is 12.2 Å². The molecule has 1 heterocycles. The number of rotatable bonds is 2. The van der Waals surface area contributed by atoms with Crippen molar-refractivity contribution in [1.82, 2.24) is 9.78 Å². The molecule has 15 heavy (non-hydrogen) atoms. The highest BCUT2D eigenvalue weighted by Crippen LogP contribution is 2.24. The molecule has 0 fully saturated rings. The zero-order valence-corrected chi connectivity index (χ0v) is 9.65. The van der Waals surface area contributed by atoms with E-state index in [0.29, 0.717) is 5.56 Å². The smallest absolute Gasteiger partial charge is 0.173 e. The third-order valence-corrected chi connectivity index (χ3v) is 2.18. The highest BCUT2D eigenvalue weighted by Gasteiger charge is 2.24. The second kappa shape index (κ2) is 3.92. The van der Waals surface area contributed by atoms with E-state index in [9.17, 15) is 0 Å². The molecule has 0 aliphatic carbocycles. The van der Waals surface area contributed by atoms with Crippen LogP contribution in [0.4, 0.5) is 0 Å². The highest BCUT2D eigenvalue weighted by molar-refractivity contribution is 5.98. The highest BCUT2D eigenvalue weighted by atomic mass is 16.4.